The molecule has 2 heterocycles. The number of carbonyl (C=O) groups is 2. The number of rotatable bonds is 1. The molecule has 0 aliphatic carbocycles. The Hall–Kier alpha value is -2.74. The van der Waals surface area contributed by atoms with E-state index in [4.69, 9.17) is 11.5 Å². The number of hydrogen-bond acceptors (Lipinski definition) is 6. The van der Waals surface area contributed by atoms with Gasteiger partial charge < -0.3 is 11.5 Å². The Bertz CT molecular complexity index is 873. The van der Waals surface area contributed by atoms with Crippen LogP contribution in [0.1, 0.15) is 18.7 Å². The highest BCUT2D eigenvalue weighted by molar-refractivity contribution is 6.01. The molecule has 5 N–H and O–H groups in total. The van der Waals surface area contributed by atoms with Gasteiger partial charge >= 0.3 is 0 Å². The second-order valence-corrected chi connectivity index (χ2v) is 5.34. The molecule has 1 fully saturated rings. The number of benzene rings is 1. The van der Waals surface area contributed by atoms with Gasteiger partial charge in [0.1, 0.15) is 5.82 Å². The molecule has 114 valence electrons. The summed E-state index contributed by atoms with van der Waals surface area (Å²) >= 11 is 0. The third-order valence-electron chi connectivity index (χ3n) is 3.88. The Morgan fingerprint density at radius 2 is 2.05 bits per heavy atom. The summed E-state index contributed by atoms with van der Waals surface area (Å²) in [5, 5.41) is 2.37. The van der Waals surface area contributed by atoms with Crippen LogP contribution in [-0.4, -0.2) is 21.4 Å². The molecule has 0 radical (unpaired) electrons. The van der Waals surface area contributed by atoms with Crippen molar-refractivity contribution in [3.63, 3.8) is 0 Å². The van der Waals surface area contributed by atoms with Gasteiger partial charge in [0, 0.05) is 18.5 Å². The molecule has 1 aromatic heterocycles. The molecule has 1 atom stereocenters. The predicted molar refractivity (Wildman–Crippen MR) is 79.7 cm³/mol. The van der Waals surface area contributed by atoms with Crippen LogP contribution in [0.25, 0.3) is 10.9 Å². The number of amides is 2. The summed E-state index contributed by atoms with van der Waals surface area (Å²) in [4.78, 5) is 40.6. The molecule has 0 saturated carbocycles. The van der Waals surface area contributed by atoms with Gasteiger partial charge in [-0.15, -0.1) is 0 Å². The van der Waals surface area contributed by atoms with Gasteiger partial charge in [0.15, 0.2) is 5.66 Å². The Kier molecular flexibility index (Phi) is 2.99. The molecule has 22 heavy (non-hydrogen) atoms. The average molecular weight is 301 g/mol. The van der Waals surface area contributed by atoms with E-state index in [-0.39, 0.29) is 29.7 Å². The first-order valence-corrected chi connectivity index (χ1v) is 6.76. The fraction of sp³-hybridized carbons (Fsp3) is 0.286. The van der Waals surface area contributed by atoms with Gasteiger partial charge in [-0.2, -0.15) is 0 Å². The molecule has 2 amide bonds. The predicted octanol–water partition coefficient (Wildman–Crippen LogP) is -0.665. The van der Waals surface area contributed by atoms with Crippen molar-refractivity contribution in [1.82, 2.24) is 14.9 Å². The summed E-state index contributed by atoms with van der Waals surface area (Å²) in [6, 6.07) is 4.94. The molecule has 1 saturated heterocycles. The molecular weight excluding hydrogens is 286 g/mol. The average Bonchev–Trinajstić information content (AvgIpc) is 2.43. The van der Waals surface area contributed by atoms with Crippen LogP contribution in [0, 0.1) is 6.92 Å². The first-order chi connectivity index (χ1) is 10.3. The minimum atomic E-state index is -1.65. The number of nitrogens with one attached hydrogen (secondary N) is 1. The van der Waals surface area contributed by atoms with Crippen LogP contribution in [-0.2, 0) is 15.3 Å². The van der Waals surface area contributed by atoms with E-state index < -0.39 is 23.0 Å². The topological polar surface area (TPSA) is 133 Å². The second kappa shape index (κ2) is 4.63. The monoisotopic (exact) mass is 301 g/mol. The van der Waals surface area contributed by atoms with Crippen LogP contribution in [0.5, 0.6) is 0 Å². The van der Waals surface area contributed by atoms with Gasteiger partial charge in [0.25, 0.3) is 11.5 Å². The summed E-state index contributed by atoms with van der Waals surface area (Å²) in [5.41, 5.74) is 10.6. The van der Waals surface area contributed by atoms with Crippen LogP contribution in [0.15, 0.2) is 23.0 Å². The van der Waals surface area contributed by atoms with Gasteiger partial charge in [-0.1, -0.05) is 6.07 Å². The number of nitrogens with two attached hydrogens (primary N) is 2. The number of aromatic nitrogens is 2. The molecule has 8 nitrogen and oxygen atoms in total. The number of piperidine rings is 1. The Morgan fingerprint density at radius 3 is 2.73 bits per heavy atom. The number of hydrogen-bond donors (Lipinski definition) is 3. The molecule has 1 aromatic carbocycles. The lowest BCUT2D eigenvalue weighted by molar-refractivity contribution is -0.140. The number of fused-ring (bicyclic) bond motifs is 1. The molecule has 1 aliphatic rings. The maximum Gasteiger partial charge on any atom is 0.267 e. The van der Waals surface area contributed by atoms with Gasteiger partial charge in [-0.25, -0.2) is 4.98 Å². The van der Waals surface area contributed by atoms with Gasteiger partial charge in [-0.05, 0) is 19.1 Å². The minimum Gasteiger partial charge on any atom is -0.398 e. The molecule has 0 spiro atoms. The van der Waals surface area contributed by atoms with Crippen molar-refractivity contribution >= 4 is 28.4 Å². The van der Waals surface area contributed by atoms with Gasteiger partial charge in [-0.3, -0.25) is 24.3 Å². The normalized spacial score (nSPS) is 21.9. The second-order valence-electron chi connectivity index (χ2n) is 5.34. The van der Waals surface area contributed by atoms with Crippen molar-refractivity contribution in [2.24, 2.45) is 5.73 Å². The summed E-state index contributed by atoms with van der Waals surface area (Å²) in [5.74, 6) is -0.843. The first-order valence-electron chi connectivity index (χ1n) is 6.76. The zero-order valence-corrected chi connectivity index (χ0v) is 11.9. The van der Waals surface area contributed by atoms with E-state index in [0.717, 1.165) is 4.57 Å². The summed E-state index contributed by atoms with van der Waals surface area (Å²) < 4.78 is 1.12. The molecule has 1 aliphatic heterocycles. The summed E-state index contributed by atoms with van der Waals surface area (Å²) in [6.07, 6.45) is 0.0781. The Morgan fingerprint density at radius 1 is 1.32 bits per heavy atom. The molecule has 0 bridgehead atoms. The minimum absolute atomic E-state index is 0.0261. The molecule has 3 rings (SSSR count). The van der Waals surface area contributed by atoms with E-state index >= 15 is 0 Å². The van der Waals surface area contributed by atoms with E-state index in [9.17, 15) is 14.4 Å². The van der Waals surface area contributed by atoms with E-state index in [1.807, 2.05) is 0 Å². The van der Waals surface area contributed by atoms with Crippen molar-refractivity contribution in [3.05, 3.63) is 34.4 Å². The number of imide groups is 1. The van der Waals surface area contributed by atoms with Crippen molar-refractivity contribution in [3.8, 4) is 0 Å². The van der Waals surface area contributed by atoms with Gasteiger partial charge in [0.05, 0.1) is 10.9 Å². The lowest BCUT2D eigenvalue weighted by Crippen LogP contribution is -2.63. The summed E-state index contributed by atoms with van der Waals surface area (Å²) in [7, 11) is 0. The standard InChI is InChI=1S/C14H15N5O3/c1-7-17-9-4-2-3-8(15)11(9)12(21)19(7)14(16)6-5-10(20)18-13(14)22/h2-4H,5-6,15-16H2,1H3,(H,18,20,22). The zero-order chi connectivity index (χ0) is 16.1. The smallest absolute Gasteiger partial charge is 0.267 e. The van der Waals surface area contributed by atoms with Crippen LogP contribution < -0.4 is 22.3 Å². The molecular formula is C14H15N5O3. The maximum absolute atomic E-state index is 12.8. The lowest BCUT2D eigenvalue weighted by Gasteiger charge is -2.34. The number of anilines is 1. The number of nitrogen functional groups attached to an aromatic ring is 1. The third-order valence-corrected chi connectivity index (χ3v) is 3.88. The van der Waals surface area contributed by atoms with Crippen LogP contribution in [0.3, 0.4) is 0 Å². The van der Waals surface area contributed by atoms with E-state index in [1.165, 1.54) is 0 Å². The van der Waals surface area contributed by atoms with Crippen molar-refractivity contribution in [2.45, 2.75) is 25.4 Å². The number of carbonyl (C=O) groups excluding carboxylic acids is 2. The maximum atomic E-state index is 12.8. The quantitative estimate of drug-likeness (QED) is 0.473. The van der Waals surface area contributed by atoms with E-state index in [1.54, 1.807) is 25.1 Å². The highest BCUT2D eigenvalue weighted by Crippen LogP contribution is 2.23. The van der Waals surface area contributed by atoms with E-state index in [0.29, 0.717) is 5.52 Å². The summed E-state index contributed by atoms with van der Waals surface area (Å²) in [6.45, 7) is 1.59. The first kappa shape index (κ1) is 14.2. The van der Waals surface area contributed by atoms with E-state index in [2.05, 4.69) is 10.3 Å². The number of aryl methyl sites for hydroxylation is 1. The van der Waals surface area contributed by atoms with Crippen LogP contribution in [0.2, 0.25) is 0 Å². The molecule has 2 aromatic rings. The Balaban J connectivity index is 2.32. The van der Waals surface area contributed by atoms with Crippen molar-refractivity contribution in [2.75, 3.05) is 5.73 Å². The third kappa shape index (κ3) is 1.88. The van der Waals surface area contributed by atoms with Crippen molar-refractivity contribution in [1.29, 1.82) is 0 Å². The van der Waals surface area contributed by atoms with Crippen LogP contribution >= 0.6 is 0 Å². The fourth-order valence-corrected chi connectivity index (χ4v) is 2.77. The lowest BCUT2D eigenvalue weighted by atomic mass is 9.98. The zero-order valence-electron chi connectivity index (χ0n) is 11.9. The highest BCUT2D eigenvalue weighted by atomic mass is 16.2. The Labute approximate surface area is 125 Å². The van der Waals surface area contributed by atoms with Crippen molar-refractivity contribution < 1.29 is 9.59 Å². The molecule has 1 unspecified atom stereocenters. The largest absolute Gasteiger partial charge is 0.398 e. The fourth-order valence-electron chi connectivity index (χ4n) is 2.77. The number of nitrogens with zero attached hydrogens (tertiary/aromatic N) is 2. The SMILES string of the molecule is Cc1nc2cccc(N)c2c(=O)n1C1(N)CCC(=O)NC1=O. The van der Waals surface area contributed by atoms with Gasteiger partial charge in [0.2, 0.25) is 5.91 Å². The molecule has 8 heteroatoms. The highest BCUT2D eigenvalue weighted by Gasteiger charge is 2.43. The van der Waals surface area contributed by atoms with Crippen LogP contribution in [0.4, 0.5) is 5.69 Å².